The second-order valence-corrected chi connectivity index (χ2v) is 4.01. The van der Waals surface area contributed by atoms with Crippen molar-refractivity contribution >= 4 is 28.4 Å². The standard InChI is InChI=1S/C9H17IO.C2H6/c1-3-4-5-9(6-7-10)8(2)11;1-2/h9H,3-7H2,1-2H3;1-2H3. The van der Waals surface area contributed by atoms with Crippen LogP contribution in [0.15, 0.2) is 0 Å². The van der Waals surface area contributed by atoms with Gasteiger partial charge in [-0.15, -0.1) is 0 Å². The molecule has 0 aromatic heterocycles. The molecular weight excluding hydrogens is 275 g/mol. The van der Waals surface area contributed by atoms with Gasteiger partial charge in [-0.05, 0) is 19.8 Å². The Balaban J connectivity index is 0. The van der Waals surface area contributed by atoms with Gasteiger partial charge in [-0.3, -0.25) is 4.79 Å². The summed E-state index contributed by atoms with van der Waals surface area (Å²) in [5.41, 5.74) is 0. The lowest BCUT2D eigenvalue weighted by molar-refractivity contribution is -0.121. The van der Waals surface area contributed by atoms with Crippen LogP contribution in [0.25, 0.3) is 0 Å². The Labute approximate surface area is 96.8 Å². The molecule has 1 atom stereocenters. The number of carbonyl (C=O) groups excluding carboxylic acids is 1. The van der Waals surface area contributed by atoms with E-state index < -0.39 is 0 Å². The maximum absolute atomic E-state index is 11.0. The average molecular weight is 298 g/mol. The molecule has 0 aliphatic carbocycles. The van der Waals surface area contributed by atoms with Gasteiger partial charge in [0, 0.05) is 10.3 Å². The van der Waals surface area contributed by atoms with Gasteiger partial charge in [0.25, 0.3) is 0 Å². The van der Waals surface area contributed by atoms with Crippen molar-refractivity contribution < 1.29 is 4.79 Å². The van der Waals surface area contributed by atoms with Crippen LogP contribution in [0.4, 0.5) is 0 Å². The molecule has 0 heterocycles. The number of alkyl halides is 1. The lowest BCUT2D eigenvalue weighted by Gasteiger charge is -2.10. The minimum absolute atomic E-state index is 0.340. The topological polar surface area (TPSA) is 17.1 Å². The summed E-state index contributed by atoms with van der Waals surface area (Å²) in [6.45, 7) is 7.88. The van der Waals surface area contributed by atoms with Crippen molar-refractivity contribution in [2.45, 2.75) is 53.4 Å². The van der Waals surface area contributed by atoms with Crippen LogP contribution in [0, 0.1) is 5.92 Å². The fourth-order valence-corrected chi connectivity index (χ4v) is 1.88. The number of carbonyl (C=O) groups is 1. The van der Waals surface area contributed by atoms with Crippen LogP contribution >= 0.6 is 22.6 Å². The van der Waals surface area contributed by atoms with E-state index >= 15 is 0 Å². The Morgan fingerprint density at radius 3 is 2.15 bits per heavy atom. The van der Waals surface area contributed by atoms with Crippen molar-refractivity contribution in [3.05, 3.63) is 0 Å². The van der Waals surface area contributed by atoms with Crippen LogP contribution in [0.5, 0.6) is 0 Å². The predicted octanol–water partition coefficient (Wildman–Crippen LogP) is 4.23. The first kappa shape index (κ1) is 15.9. The number of unbranched alkanes of at least 4 members (excludes halogenated alkanes) is 1. The van der Waals surface area contributed by atoms with Gasteiger partial charge in [0.05, 0.1) is 0 Å². The second-order valence-electron chi connectivity index (χ2n) is 2.93. The van der Waals surface area contributed by atoms with E-state index in [1.54, 1.807) is 6.92 Å². The van der Waals surface area contributed by atoms with Gasteiger partial charge in [-0.2, -0.15) is 0 Å². The van der Waals surface area contributed by atoms with Crippen LogP contribution in [0.3, 0.4) is 0 Å². The van der Waals surface area contributed by atoms with Crippen molar-refractivity contribution in [2.24, 2.45) is 5.92 Å². The number of rotatable bonds is 6. The van der Waals surface area contributed by atoms with Crippen LogP contribution in [-0.2, 0) is 4.79 Å². The first-order chi connectivity index (χ1) is 6.22. The molecule has 0 N–H and O–H groups in total. The van der Waals surface area contributed by atoms with Crippen molar-refractivity contribution in [3.63, 3.8) is 0 Å². The lowest BCUT2D eigenvalue weighted by atomic mass is 9.96. The molecule has 0 spiro atoms. The summed E-state index contributed by atoms with van der Waals surface area (Å²) in [5.74, 6) is 0.710. The number of Topliss-reactive ketones (excluding diaryl/α,β-unsaturated/α-hetero) is 1. The van der Waals surface area contributed by atoms with E-state index in [4.69, 9.17) is 0 Å². The molecule has 0 radical (unpaired) electrons. The van der Waals surface area contributed by atoms with E-state index in [0.29, 0.717) is 11.7 Å². The highest BCUT2D eigenvalue weighted by atomic mass is 127. The maximum atomic E-state index is 11.0. The molecule has 0 bridgehead atoms. The van der Waals surface area contributed by atoms with Crippen LogP contribution in [0.1, 0.15) is 53.4 Å². The number of ketones is 1. The maximum Gasteiger partial charge on any atom is 0.132 e. The molecule has 0 amide bonds. The summed E-state index contributed by atoms with van der Waals surface area (Å²) in [4.78, 5) is 11.0. The van der Waals surface area contributed by atoms with Crippen molar-refractivity contribution in [3.8, 4) is 0 Å². The van der Waals surface area contributed by atoms with E-state index in [0.717, 1.165) is 17.3 Å². The van der Waals surface area contributed by atoms with Crippen LogP contribution in [-0.4, -0.2) is 10.2 Å². The molecule has 0 aliphatic heterocycles. The van der Waals surface area contributed by atoms with Crippen LogP contribution < -0.4 is 0 Å². The molecule has 0 aromatic carbocycles. The van der Waals surface area contributed by atoms with Gasteiger partial charge >= 0.3 is 0 Å². The van der Waals surface area contributed by atoms with Crippen molar-refractivity contribution in [1.82, 2.24) is 0 Å². The predicted molar refractivity (Wildman–Crippen MR) is 68.5 cm³/mol. The highest BCUT2D eigenvalue weighted by Crippen LogP contribution is 2.14. The van der Waals surface area contributed by atoms with E-state index in [9.17, 15) is 4.79 Å². The fourth-order valence-electron chi connectivity index (χ4n) is 1.13. The molecule has 80 valence electrons. The second kappa shape index (κ2) is 12.4. The smallest absolute Gasteiger partial charge is 0.132 e. The van der Waals surface area contributed by atoms with Crippen molar-refractivity contribution in [1.29, 1.82) is 0 Å². The third kappa shape index (κ3) is 10.3. The molecular formula is C11H23IO. The molecule has 2 heteroatoms. The molecule has 0 saturated heterocycles. The number of halogens is 1. The van der Waals surface area contributed by atoms with E-state index in [2.05, 4.69) is 29.5 Å². The number of hydrogen-bond acceptors (Lipinski definition) is 1. The fraction of sp³-hybridized carbons (Fsp3) is 0.909. The quantitative estimate of drug-likeness (QED) is 0.529. The summed E-state index contributed by atoms with van der Waals surface area (Å²) >= 11 is 2.34. The zero-order valence-corrected chi connectivity index (χ0v) is 11.6. The van der Waals surface area contributed by atoms with Gasteiger partial charge in [0.1, 0.15) is 5.78 Å². The van der Waals surface area contributed by atoms with Gasteiger partial charge in [0.15, 0.2) is 0 Å². The average Bonchev–Trinajstić information content (AvgIpc) is 2.15. The number of hydrogen-bond donors (Lipinski definition) is 0. The van der Waals surface area contributed by atoms with E-state index in [1.807, 2.05) is 13.8 Å². The highest BCUT2D eigenvalue weighted by molar-refractivity contribution is 14.1. The Kier molecular flexibility index (Phi) is 15.1. The largest absolute Gasteiger partial charge is 0.300 e. The third-order valence-corrected chi connectivity index (χ3v) is 2.56. The van der Waals surface area contributed by atoms with Gasteiger partial charge in [-0.1, -0.05) is 56.2 Å². The molecule has 0 aliphatic rings. The lowest BCUT2D eigenvalue weighted by Crippen LogP contribution is -2.11. The molecule has 1 unspecified atom stereocenters. The Hall–Kier alpha value is 0.400. The monoisotopic (exact) mass is 298 g/mol. The van der Waals surface area contributed by atoms with E-state index in [-0.39, 0.29) is 0 Å². The summed E-state index contributed by atoms with van der Waals surface area (Å²) < 4.78 is 1.10. The summed E-state index contributed by atoms with van der Waals surface area (Å²) in [6, 6.07) is 0. The SMILES string of the molecule is CC.CCCCC(CCI)C(C)=O. The molecule has 13 heavy (non-hydrogen) atoms. The normalized spacial score (nSPS) is 11.5. The molecule has 0 aromatic rings. The van der Waals surface area contributed by atoms with Crippen molar-refractivity contribution in [2.75, 3.05) is 4.43 Å². The Bertz CT molecular complexity index is 113. The zero-order chi connectivity index (χ0) is 10.7. The first-order valence-corrected chi connectivity index (χ1v) is 6.81. The summed E-state index contributed by atoms with van der Waals surface area (Å²) in [7, 11) is 0. The molecule has 0 saturated carbocycles. The van der Waals surface area contributed by atoms with Gasteiger partial charge in [0.2, 0.25) is 0 Å². The Morgan fingerprint density at radius 2 is 1.85 bits per heavy atom. The summed E-state index contributed by atoms with van der Waals surface area (Å²) in [6.07, 6.45) is 4.55. The molecule has 1 nitrogen and oxygen atoms in total. The minimum atomic E-state index is 0.340. The molecule has 0 fully saturated rings. The third-order valence-electron chi connectivity index (χ3n) is 1.94. The minimum Gasteiger partial charge on any atom is -0.300 e. The van der Waals surface area contributed by atoms with Gasteiger partial charge in [-0.25, -0.2) is 0 Å². The zero-order valence-electron chi connectivity index (χ0n) is 9.40. The van der Waals surface area contributed by atoms with Gasteiger partial charge < -0.3 is 0 Å². The van der Waals surface area contributed by atoms with E-state index in [1.165, 1.54) is 12.8 Å². The summed E-state index contributed by atoms with van der Waals surface area (Å²) in [5, 5.41) is 0. The van der Waals surface area contributed by atoms with Crippen LogP contribution in [0.2, 0.25) is 0 Å². The first-order valence-electron chi connectivity index (χ1n) is 5.28. The molecule has 0 rings (SSSR count). The Morgan fingerprint density at radius 1 is 1.31 bits per heavy atom. The highest BCUT2D eigenvalue weighted by Gasteiger charge is 2.11.